The molecule has 0 radical (unpaired) electrons. The van der Waals surface area contributed by atoms with E-state index in [1.807, 2.05) is 6.07 Å². The van der Waals surface area contributed by atoms with Gasteiger partial charge in [-0.05, 0) is 30.3 Å². The molecule has 0 aliphatic heterocycles. The van der Waals surface area contributed by atoms with Crippen molar-refractivity contribution in [2.75, 3.05) is 10.6 Å². The second-order valence-electron chi connectivity index (χ2n) is 4.39. The van der Waals surface area contributed by atoms with Crippen LogP contribution in [-0.2, 0) is 4.79 Å². The first-order valence-corrected chi connectivity index (χ1v) is 7.22. The summed E-state index contributed by atoms with van der Waals surface area (Å²) in [4.78, 5) is 23.7. The van der Waals surface area contributed by atoms with E-state index in [1.165, 1.54) is 0 Å². The number of nitriles is 1. The molecule has 0 aliphatic carbocycles. The first-order valence-electron chi connectivity index (χ1n) is 6.43. The number of nitrogens with zero attached hydrogens (tertiary/aromatic N) is 1. The second kappa shape index (κ2) is 7.38. The molecular formula is C16H12BrN3O2. The molecule has 6 heteroatoms. The number of hydrogen-bond donors (Lipinski definition) is 2. The molecule has 0 heterocycles. The standard InChI is InChI=1S/C16H12BrN3O2/c17-12-5-3-4-11(10-12)16(22)20-14-7-2-1-6-13(14)19-15(21)8-9-18/h1-7,10H,8H2,(H,19,21)(H,20,22). The summed E-state index contributed by atoms with van der Waals surface area (Å²) in [6.45, 7) is 0. The molecule has 0 bridgehead atoms. The average Bonchev–Trinajstić information content (AvgIpc) is 2.49. The molecule has 2 rings (SSSR count). The number of amides is 2. The van der Waals surface area contributed by atoms with Crippen molar-refractivity contribution in [2.45, 2.75) is 6.42 Å². The van der Waals surface area contributed by atoms with E-state index in [4.69, 9.17) is 5.26 Å². The number of halogens is 1. The lowest BCUT2D eigenvalue weighted by molar-refractivity contribution is -0.115. The Morgan fingerprint density at radius 2 is 1.73 bits per heavy atom. The van der Waals surface area contributed by atoms with Crippen molar-refractivity contribution >= 4 is 39.1 Å². The number of carbonyl (C=O) groups excluding carboxylic acids is 2. The van der Waals surface area contributed by atoms with Crippen LogP contribution in [0.25, 0.3) is 0 Å². The highest BCUT2D eigenvalue weighted by Crippen LogP contribution is 2.22. The van der Waals surface area contributed by atoms with Crippen LogP contribution in [0.2, 0.25) is 0 Å². The van der Waals surface area contributed by atoms with Crippen LogP contribution >= 0.6 is 15.9 Å². The summed E-state index contributed by atoms with van der Waals surface area (Å²) in [5, 5.41) is 13.9. The van der Waals surface area contributed by atoms with Gasteiger partial charge < -0.3 is 10.6 Å². The number of para-hydroxylation sites is 2. The van der Waals surface area contributed by atoms with E-state index < -0.39 is 5.91 Å². The first-order chi connectivity index (χ1) is 10.6. The largest absolute Gasteiger partial charge is 0.323 e. The van der Waals surface area contributed by atoms with Crippen molar-refractivity contribution in [1.82, 2.24) is 0 Å². The van der Waals surface area contributed by atoms with Gasteiger partial charge >= 0.3 is 0 Å². The Morgan fingerprint density at radius 1 is 1.05 bits per heavy atom. The molecule has 0 fully saturated rings. The predicted molar refractivity (Wildman–Crippen MR) is 87.4 cm³/mol. The average molecular weight is 358 g/mol. The quantitative estimate of drug-likeness (QED) is 0.877. The molecule has 0 unspecified atom stereocenters. The van der Waals surface area contributed by atoms with Crippen LogP contribution < -0.4 is 10.6 Å². The number of nitrogens with one attached hydrogen (secondary N) is 2. The number of rotatable bonds is 4. The zero-order valence-electron chi connectivity index (χ0n) is 11.5. The van der Waals surface area contributed by atoms with Gasteiger partial charge in [0.1, 0.15) is 6.42 Å². The Balaban J connectivity index is 2.18. The van der Waals surface area contributed by atoms with Crippen LogP contribution in [0, 0.1) is 11.3 Å². The molecule has 110 valence electrons. The van der Waals surface area contributed by atoms with Crippen molar-refractivity contribution in [1.29, 1.82) is 5.26 Å². The van der Waals surface area contributed by atoms with Gasteiger partial charge in [0.2, 0.25) is 5.91 Å². The second-order valence-corrected chi connectivity index (χ2v) is 5.31. The zero-order chi connectivity index (χ0) is 15.9. The molecule has 22 heavy (non-hydrogen) atoms. The number of hydrogen-bond acceptors (Lipinski definition) is 3. The summed E-state index contributed by atoms with van der Waals surface area (Å²) in [5.41, 5.74) is 1.41. The van der Waals surface area contributed by atoms with E-state index in [0.29, 0.717) is 16.9 Å². The van der Waals surface area contributed by atoms with E-state index >= 15 is 0 Å². The van der Waals surface area contributed by atoms with Crippen LogP contribution in [-0.4, -0.2) is 11.8 Å². The van der Waals surface area contributed by atoms with E-state index in [9.17, 15) is 9.59 Å². The fourth-order valence-electron chi connectivity index (χ4n) is 1.79. The number of benzene rings is 2. The Labute approximate surface area is 136 Å². The summed E-state index contributed by atoms with van der Waals surface area (Å²) in [7, 11) is 0. The topological polar surface area (TPSA) is 82.0 Å². The van der Waals surface area contributed by atoms with Crippen molar-refractivity contribution in [3.05, 3.63) is 58.6 Å². The van der Waals surface area contributed by atoms with E-state index in [2.05, 4.69) is 26.6 Å². The first kappa shape index (κ1) is 15.7. The fraction of sp³-hybridized carbons (Fsp3) is 0.0625. The molecule has 2 aromatic carbocycles. The zero-order valence-corrected chi connectivity index (χ0v) is 13.1. The highest BCUT2D eigenvalue weighted by atomic mass is 79.9. The highest BCUT2D eigenvalue weighted by molar-refractivity contribution is 9.10. The van der Waals surface area contributed by atoms with Gasteiger partial charge in [-0.1, -0.05) is 34.1 Å². The van der Waals surface area contributed by atoms with Gasteiger partial charge in [-0.15, -0.1) is 0 Å². The van der Waals surface area contributed by atoms with Gasteiger partial charge in [-0.2, -0.15) is 5.26 Å². The molecule has 0 aromatic heterocycles. The minimum atomic E-state index is -0.424. The van der Waals surface area contributed by atoms with Crippen LogP contribution in [0.1, 0.15) is 16.8 Å². The molecule has 0 atom stereocenters. The van der Waals surface area contributed by atoms with Crippen LogP contribution in [0.5, 0.6) is 0 Å². The SMILES string of the molecule is N#CCC(=O)Nc1ccccc1NC(=O)c1cccc(Br)c1. The van der Waals surface area contributed by atoms with Crippen LogP contribution in [0.3, 0.4) is 0 Å². The van der Waals surface area contributed by atoms with Crippen molar-refractivity contribution < 1.29 is 9.59 Å². The minimum Gasteiger partial charge on any atom is -0.323 e. The van der Waals surface area contributed by atoms with Crippen LogP contribution in [0.15, 0.2) is 53.0 Å². The minimum absolute atomic E-state index is 0.242. The predicted octanol–water partition coefficient (Wildman–Crippen LogP) is 3.55. The lowest BCUT2D eigenvalue weighted by Crippen LogP contribution is -2.16. The van der Waals surface area contributed by atoms with Gasteiger partial charge in [0.25, 0.3) is 5.91 Å². The molecule has 0 spiro atoms. The van der Waals surface area contributed by atoms with E-state index in [0.717, 1.165) is 4.47 Å². The highest BCUT2D eigenvalue weighted by Gasteiger charge is 2.11. The summed E-state index contributed by atoms with van der Waals surface area (Å²) < 4.78 is 0.802. The third kappa shape index (κ3) is 4.17. The normalized spacial score (nSPS) is 9.64. The molecule has 2 N–H and O–H groups in total. The summed E-state index contributed by atoms with van der Waals surface area (Å²) >= 11 is 3.31. The summed E-state index contributed by atoms with van der Waals surface area (Å²) in [6.07, 6.45) is -0.242. The maximum absolute atomic E-state index is 12.2. The van der Waals surface area contributed by atoms with Gasteiger partial charge in [-0.25, -0.2) is 0 Å². The van der Waals surface area contributed by atoms with Crippen molar-refractivity contribution in [3.8, 4) is 6.07 Å². The smallest absolute Gasteiger partial charge is 0.255 e. The van der Waals surface area contributed by atoms with E-state index in [-0.39, 0.29) is 12.3 Å². The van der Waals surface area contributed by atoms with Gasteiger partial charge in [0.05, 0.1) is 17.4 Å². The lowest BCUT2D eigenvalue weighted by Gasteiger charge is -2.11. The molecule has 0 saturated heterocycles. The molecular weight excluding hydrogens is 346 g/mol. The monoisotopic (exact) mass is 357 g/mol. The summed E-state index contributed by atoms with van der Waals surface area (Å²) in [6, 6.07) is 15.6. The molecule has 5 nitrogen and oxygen atoms in total. The van der Waals surface area contributed by atoms with Gasteiger partial charge in [0.15, 0.2) is 0 Å². The Bertz CT molecular complexity index is 753. The van der Waals surface area contributed by atoms with Crippen molar-refractivity contribution in [3.63, 3.8) is 0 Å². The third-order valence-electron chi connectivity index (χ3n) is 2.78. The Kier molecular flexibility index (Phi) is 5.28. The number of anilines is 2. The number of carbonyl (C=O) groups is 2. The van der Waals surface area contributed by atoms with Crippen LogP contribution in [0.4, 0.5) is 11.4 Å². The van der Waals surface area contributed by atoms with Gasteiger partial charge in [0, 0.05) is 10.0 Å². The maximum Gasteiger partial charge on any atom is 0.255 e. The molecule has 0 aliphatic rings. The lowest BCUT2D eigenvalue weighted by atomic mass is 10.2. The fourth-order valence-corrected chi connectivity index (χ4v) is 2.19. The molecule has 2 aromatic rings. The maximum atomic E-state index is 12.2. The van der Waals surface area contributed by atoms with Gasteiger partial charge in [-0.3, -0.25) is 9.59 Å². The Hall–Kier alpha value is -2.65. The molecule has 0 saturated carbocycles. The van der Waals surface area contributed by atoms with E-state index in [1.54, 1.807) is 48.5 Å². The summed E-state index contributed by atoms with van der Waals surface area (Å²) in [5.74, 6) is -0.713. The third-order valence-corrected chi connectivity index (χ3v) is 3.27. The Morgan fingerprint density at radius 3 is 2.36 bits per heavy atom. The van der Waals surface area contributed by atoms with Crippen molar-refractivity contribution in [2.24, 2.45) is 0 Å². The molecule has 2 amide bonds.